The largest absolute Gasteiger partial charge is 2.00 e. The maximum atomic E-state index is 7.00. The molecular formula is C4H14O2Zr. The van der Waals surface area contributed by atoms with Crippen LogP contribution in [0.1, 0.15) is 0 Å². The van der Waals surface area contributed by atoms with Crippen LogP contribution in [0.3, 0.4) is 0 Å². The molecule has 0 radical (unpaired) electrons. The van der Waals surface area contributed by atoms with E-state index in [4.69, 9.17) is 10.2 Å². The van der Waals surface area contributed by atoms with E-state index in [0.29, 0.717) is 0 Å². The van der Waals surface area contributed by atoms with Crippen molar-refractivity contribution in [2.24, 2.45) is 0 Å². The van der Waals surface area contributed by atoms with Crippen LogP contribution in [0.4, 0.5) is 0 Å². The summed E-state index contributed by atoms with van der Waals surface area (Å²) in [4.78, 5) is 0. The average Bonchev–Trinajstić information content (AvgIpc) is 1.50. The molecule has 0 bridgehead atoms. The van der Waals surface area contributed by atoms with Crippen molar-refractivity contribution >= 4 is 0 Å². The Morgan fingerprint density at radius 2 is 0.714 bits per heavy atom. The predicted octanol–water partition coefficient (Wildman–Crippen LogP) is 0.115. The minimum absolute atomic E-state index is 0. The van der Waals surface area contributed by atoms with Gasteiger partial charge in [0.15, 0.2) is 0 Å². The summed E-state index contributed by atoms with van der Waals surface area (Å²) in [6.07, 6.45) is 0. The van der Waals surface area contributed by atoms with Crippen LogP contribution in [0, 0.1) is 14.9 Å². The summed E-state index contributed by atoms with van der Waals surface area (Å²) in [5, 5.41) is 14.0. The smallest absolute Gasteiger partial charge is 0.400 e. The molecule has 0 spiro atoms. The molecule has 0 unspecified atom stereocenters. The molecule has 0 aliphatic carbocycles. The molecule has 0 aliphatic rings. The first-order valence-electron chi connectivity index (χ1n) is 0.894. The first-order chi connectivity index (χ1) is 2.00. The quantitative estimate of drug-likeness (QED) is 0.526. The minimum atomic E-state index is 0. The van der Waals surface area contributed by atoms with Crippen molar-refractivity contribution in [3.05, 3.63) is 14.9 Å². The van der Waals surface area contributed by atoms with Gasteiger partial charge < -0.3 is 25.1 Å². The Hall–Kier alpha value is 0.803. The van der Waals surface area contributed by atoms with Gasteiger partial charge in [0.05, 0.1) is 0 Å². The molecule has 0 saturated carbocycles. The van der Waals surface area contributed by atoms with Gasteiger partial charge in [-0.15, -0.1) is 0 Å². The average molecular weight is 185 g/mol. The maximum absolute atomic E-state index is 7.00. The summed E-state index contributed by atoms with van der Waals surface area (Å²) in [5.41, 5.74) is 0. The van der Waals surface area contributed by atoms with Gasteiger partial charge in [0.2, 0.25) is 0 Å². The van der Waals surface area contributed by atoms with Crippen molar-refractivity contribution in [1.29, 1.82) is 0 Å². The predicted molar refractivity (Wildman–Crippen MR) is 29.1 cm³/mol. The maximum Gasteiger partial charge on any atom is 2.00 e. The fourth-order valence-corrected chi connectivity index (χ4v) is 0. The van der Waals surface area contributed by atoms with E-state index in [1.807, 2.05) is 0 Å². The number of hydrogen-bond donors (Lipinski definition) is 2. The SMILES string of the molecule is CO.CO.[CH3-].[CH3-].[Zr+2]. The molecule has 0 aromatic rings. The minimum Gasteiger partial charge on any atom is -0.400 e. The van der Waals surface area contributed by atoms with Crippen molar-refractivity contribution in [3.63, 3.8) is 0 Å². The Morgan fingerprint density at radius 1 is 0.714 bits per heavy atom. The van der Waals surface area contributed by atoms with E-state index in [-0.39, 0.29) is 41.1 Å². The van der Waals surface area contributed by atoms with Crippen LogP contribution in [0.15, 0.2) is 0 Å². The molecule has 3 heteroatoms. The molecule has 0 aliphatic heterocycles. The molecular weight excluding hydrogens is 171 g/mol. The van der Waals surface area contributed by atoms with E-state index in [1.54, 1.807) is 0 Å². The molecule has 0 rings (SSSR count). The number of aliphatic hydroxyl groups is 2. The summed E-state index contributed by atoms with van der Waals surface area (Å²) in [6.45, 7) is 0. The van der Waals surface area contributed by atoms with Crippen LogP contribution < -0.4 is 0 Å². The summed E-state index contributed by atoms with van der Waals surface area (Å²) in [6, 6.07) is 0. The Balaban J connectivity index is -0.00000000267. The molecule has 0 fully saturated rings. The number of aliphatic hydroxyl groups excluding tert-OH is 2. The fourth-order valence-electron chi connectivity index (χ4n) is 0. The van der Waals surface area contributed by atoms with Gasteiger partial charge in [0, 0.05) is 14.2 Å². The zero-order chi connectivity index (χ0) is 4.00. The monoisotopic (exact) mass is 184 g/mol. The first kappa shape index (κ1) is 46.0. The zero-order valence-corrected chi connectivity index (χ0v) is 7.85. The summed E-state index contributed by atoms with van der Waals surface area (Å²) < 4.78 is 0. The van der Waals surface area contributed by atoms with E-state index < -0.39 is 0 Å². The number of rotatable bonds is 0. The van der Waals surface area contributed by atoms with Crippen LogP contribution in [0.5, 0.6) is 0 Å². The zero-order valence-electron chi connectivity index (χ0n) is 5.39. The molecule has 46 valence electrons. The second kappa shape index (κ2) is 355. The summed E-state index contributed by atoms with van der Waals surface area (Å²) in [7, 11) is 2.00. The van der Waals surface area contributed by atoms with Gasteiger partial charge in [-0.25, -0.2) is 0 Å². The number of hydrogen-bond acceptors (Lipinski definition) is 2. The third-order valence-electron chi connectivity index (χ3n) is 0. The molecule has 0 heterocycles. The van der Waals surface area contributed by atoms with Crippen molar-refractivity contribution < 1.29 is 36.4 Å². The normalized spacial score (nSPS) is 1.71. The molecule has 0 aromatic heterocycles. The third-order valence-corrected chi connectivity index (χ3v) is 0. The van der Waals surface area contributed by atoms with Crippen molar-refractivity contribution in [1.82, 2.24) is 0 Å². The molecule has 0 atom stereocenters. The van der Waals surface area contributed by atoms with Gasteiger partial charge in [0.1, 0.15) is 0 Å². The van der Waals surface area contributed by atoms with Gasteiger partial charge in [-0.1, -0.05) is 0 Å². The fraction of sp³-hybridized carbons (Fsp3) is 0.500. The van der Waals surface area contributed by atoms with E-state index in [1.165, 1.54) is 0 Å². The molecule has 2 N–H and O–H groups in total. The molecule has 7 heavy (non-hydrogen) atoms. The van der Waals surface area contributed by atoms with Gasteiger partial charge in [0.25, 0.3) is 0 Å². The van der Waals surface area contributed by atoms with Crippen LogP contribution in [0.25, 0.3) is 0 Å². The van der Waals surface area contributed by atoms with Crippen LogP contribution in [-0.4, -0.2) is 24.4 Å². The van der Waals surface area contributed by atoms with Gasteiger partial charge in [-0.05, 0) is 0 Å². The van der Waals surface area contributed by atoms with Gasteiger partial charge in [-0.3, -0.25) is 0 Å². The second-order valence-corrected chi connectivity index (χ2v) is 0. The Morgan fingerprint density at radius 3 is 0.714 bits per heavy atom. The van der Waals surface area contributed by atoms with E-state index in [9.17, 15) is 0 Å². The summed E-state index contributed by atoms with van der Waals surface area (Å²) >= 11 is 0. The standard InChI is InChI=1S/2CH4O.2CH3.Zr/c2*1-2;;;/h2*2H,1H3;2*1H3;/q;;2*-1;+2. The van der Waals surface area contributed by atoms with Crippen LogP contribution in [-0.2, 0) is 26.2 Å². The molecule has 0 aromatic carbocycles. The van der Waals surface area contributed by atoms with E-state index >= 15 is 0 Å². The van der Waals surface area contributed by atoms with E-state index in [2.05, 4.69) is 0 Å². The van der Waals surface area contributed by atoms with Crippen LogP contribution >= 0.6 is 0 Å². The second-order valence-electron chi connectivity index (χ2n) is 0. The topological polar surface area (TPSA) is 40.5 Å². The Bertz CT molecular complexity index is 9.65. The van der Waals surface area contributed by atoms with E-state index in [0.717, 1.165) is 14.2 Å². The van der Waals surface area contributed by atoms with Gasteiger partial charge in [-0.2, -0.15) is 0 Å². The van der Waals surface area contributed by atoms with Crippen molar-refractivity contribution in [2.75, 3.05) is 14.2 Å². The molecule has 0 amide bonds. The van der Waals surface area contributed by atoms with Crippen molar-refractivity contribution in [3.8, 4) is 0 Å². The summed E-state index contributed by atoms with van der Waals surface area (Å²) in [5.74, 6) is 0. The van der Waals surface area contributed by atoms with Crippen LogP contribution in [0.2, 0.25) is 0 Å². The molecule has 2 nitrogen and oxygen atoms in total. The Kier molecular flexibility index (Phi) is 2330. The molecule has 0 saturated heterocycles. The van der Waals surface area contributed by atoms with Gasteiger partial charge >= 0.3 is 26.2 Å². The van der Waals surface area contributed by atoms with Crippen molar-refractivity contribution in [2.45, 2.75) is 0 Å². The third kappa shape index (κ3) is 243. The Labute approximate surface area is 65.7 Å². The first-order valence-corrected chi connectivity index (χ1v) is 0.894.